The second kappa shape index (κ2) is 7.94. The molecule has 0 aliphatic rings. The van der Waals surface area contributed by atoms with Gasteiger partial charge in [0.2, 0.25) is 0 Å². The van der Waals surface area contributed by atoms with Gasteiger partial charge >= 0.3 is 0 Å². The van der Waals surface area contributed by atoms with Crippen LogP contribution >= 0.6 is 0 Å². The van der Waals surface area contributed by atoms with E-state index >= 15 is 0 Å². The Hall–Kier alpha value is -1.88. The summed E-state index contributed by atoms with van der Waals surface area (Å²) in [5.74, 6) is 0.837. The first kappa shape index (κ1) is 16.5. The summed E-state index contributed by atoms with van der Waals surface area (Å²) in [5, 5.41) is 13.3. The summed E-state index contributed by atoms with van der Waals surface area (Å²) in [5.41, 5.74) is 8.38. The molecule has 2 rings (SSSR count). The van der Waals surface area contributed by atoms with Crippen LogP contribution in [0.15, 0.2) is 54.6 Å². The summed E-state index contributed by atoms with van der Waals surface area (Å²) in [7, 11) is 1.65. The molecule has 0 aromatic heterocycles. The van der Waals surface area contributed by atoms with Gasteiger partial charge in [0.15, 0.2) is 0 Å². The van der Waals surface area contributed by atoms with Crippen LogP contribution in [0.3, 0.4) is 0 Å². The highest BCUT2D eigenvalue weighted by atomic mass is 16.5. The lowest BCUT2D eigenvalue weighted by molar-refractivity contribution is 0.142. The zero-order chi connectivity index (χ0) is 15.9. The maximum absolute atomic E-state index is 9.84. The number of ether oxygens (including phenoxy) is 1. The van der Waals surface area contributed by atoms with Crippen molar-refractivity contribution in [2.24, 2.45) is 5.73 Å². The minimum Gasteiger partial charge on any atom is -0.497 e. The minimum absolute atomic E-state index is 0.108. The van der Waals surface area contributed by atoms with Crippen molar-refractivity contribution in [1.82, 2.24) is 5.32 Å². The number of benzene rings is 2. The van der Waals surface area contributed by atoms with E-state index < -0.39 is 6.10 Å². The zero-order valence-corrected chi connectivity index (χ0v) is 13.1. The number of rotatable bonds is 7. The molecule has 0 fully saturated rings. The molecule has 0 heterocycles. The normalized spacial score (nSPS) is 15.1. The van der Waals surface area contributed by atoms with Gasteiger partial charge in [0.25, 0.3) is 0 Å². The van der Waals surface area contributed by atoms with Crippen molar-refractivity contribution >= 4 is 0 Å². The summed E-state index contributed by atoms with van der Waals surface area (Å²) in [4.78, 5) is 0. The van der Waals surface area contributed by atoms with E-state index in [2.05, 4.69) is 5.32 Å². The Balaban J connectivity index is 2.09. The molecule has 1 unspecified atom stereocenters. The summed E-state index contributed by atoms with van der Waals surface area (Å²) < 4.78 is 5.16. The molecule has 0 saturated carbocycles. The molecule has 4 heteroatoms. The van der Waals surface area contributed by atoms with E-state index in [0.717, 1.165) is 16.9 Å². The molecule has 0 saturated heterocycles. The van der Waals surface area contributed by atoms with Crippen LogP contribution in [0.4, 0.5) is 0 Å². The molecule has 3 atom stereocenters. The topological polar surface area (TPSA) is 67.5 Å². The lowest BCUT2D eigenvalue weighted by Crippen LogP contribution is -2.44. The Bertz CT molecular complexity index is 555. The summed E-state index contributed by atoms with van der Waals surface area (Å²) in [6, 6.07) is 17.4. The van der Waals surface area contributed by atoms with E-state index in [9.17, 15) is 5.11 Å². The van der Waals surface area contributed by atoms with Crippen LogP contribution in [0.5, 0.6) is 5.75 Å². The van der Waals surface area contributed by atoms with Crippen molar-refractivity contribution in [1.29, 1.82) is 0 Å². The van der Waals surface area contributed by atoms with Crippen LogP contribution in [-0.2, 0) is 6.54 Å². The molecule has 0 radical (unpaired) electrons. The molecule has 0 spiro atoms. The largest absolute Gasteiger partial charge is 0.497 e. The molecule has 0 amide bonds. The Labute approximate surface area is 131 Å². The van der Waals surface area contributed by atoms with Gasteiger partial charge in [0.05, 0.1) is 19.3 Å². The van der Waals surface area contributed by atoms with E-state index in [4.69, 9.17) is 10.5 Å². The standard InChI is InChI=1S/C18H24N2O2/c1-13(21)17(19)18(15-6-4-3-5-7-15)20-12-14-8-10-16(22-2)11-9-14/h3-11,13,17-18,20-21H,12,19H2,1-2H3/t13-,17-,18?/m1/s1. The second-order valence-corrected chi connectivity index (χ2v) is 5.44. The number of hydrogen-bond donors (Lipinski definition) is 3. The van der Waals surface area contributed by atoms with Crippen molar-refractivity contribution in [3.63, 3.8) is 0 Å². The molecule has 0 aliphatic carbocycles. The van der Waals surface area contributed by atoms with Crippen LogP contribution in [-0.4, -0.2) is 24.4 Å². The summed E-state index contributed by atoms with van der Waals surface area (Å²) in [6.45, 7) is 2.39. The fraction of sp³-hybridized carbons (Fsp3) is 0.333. The first-order valence-electron chi connectivity index (χ1n) is 7.46. The number of aliphatic hydroxyl groups excluding tert-OH is 1. The van der Waals surface area contributed by atoms with Gasteiger partial charge in [-0.25, -0.2) is 0 Å². The molecule has 22 heavy (non-hydrogen) atoms. The Morgan fingerprint density at radius 3 is 2.27 bits per heavy atom. The quantitative estimate of drug-likeness (QED) is 0.733. The van der Waals surface area contributed by atoms with Crippen molar-refractivity contribution < 1.29 is 9.84 Å². The van der Waals surface area contributed by atoms with Crippen LogP contribution in [0, 0.1) is 0 Å². The molecule has 0 bridgehead atoms. The average Bonchev–Trinajstić information content (AvgIpc) is 2.56. The number of nitrogens with one attached hydrogen (secondary N) is 1. The second-order valence-electron chi connectivity index (χ2n) is 5.44. The van der Waals surface area contributed by atoms with Gasteiger partial charge in [0, 0.05) is 12.6 Å². The predicted molar refractivity (Wildman–Crippen MR) is 88.7 cm³/mol. The van der Waals surface area contributed by atoms with E-state index in [-0.39, 0.29) is 12.1 Å². The molecule has 2 aromatic rings. The first-order chi connectivity index (χ1) is 10.6. The van der Waals surface area contributed by atoms with Gasteiger partial charge in [-0.05, 0) is 30.2 Å². The van der Waals surface area contributed by atoms with Crippen LogP contribution in [0.2, 0.25) is 0 Å². The van der Waals surface area contributed by atoms with Crippen molar-refractivity contribution in [2.75, 3.05) is 7.11 Å². The van der Waals surface area contributed by atoms with Crippen molar-refractivity contribution in [2.45, 2.75) is 31.7 Å². The van der Waals surface area contributed by atoms with Gasteiger partial charge in [-0.1, -0.05) is 42.5 Å². The number of methoxy groups -OCH3 is 1. The van der Waals surface area contributed by atoms with Crippen LogP contribution < -0.4 is 15.8 Å². The van der Waals surface area contributed by atoms with Crippen molar-refractivity contribution in [3.8, 4) is 5.75 Å². The number of aliphatic hydroxyl groups is 1. The van der Waals surface area contributed by atoms with Gasteiger partial charge in [0.1, 0.15) is 5.75 Å². The zero-order valence-electron chi connectivity index (χ0n) is 13.1. The average molecular weight is 300 g/mol. The SMILES string of the molecule is COc1ccc(CNC(c2ccccc2)[C@H](N)[C@@H](C)O)cc1. The monoisotopic (exact) mass is 300 g/mol. The molecular formula is C18H24N2O2. The van der Waals surface area contributed by atoms with E-state index in [1.807, 2.05) is 54.6 Å². The highest BCUT2D eigenvalue weighted by Gasteiger charge is 2.23. The third-order valence-electron chi connectivity index (χ3n) is 3.79. The predicted octanol–water partition coefficient (Wildman–Crippen LogP) is 2.23. The third kappa shape index (κ3) is 4.31. The Morgan fingerprint density at radius 1 is 1.09 bits per heavy atom. The fourth-order valence-electron chi connectivity index (χ4n) is 2.39. The highest BCUT2D eigenvalue weighted by Crippen LogP contribution is 2.19. The van der Waals surface area contributed by atoms with Crippen LogP contribution in [0.25, 0.3) is 0 Å². The lowest BCUT2D eigenvalue weighted by Gasteiger charge is -2.27. The van der Waals surface area contributed by atoms with Gasteiger partial charge in [-0.15, -0.1) is 0 Å². The third-order valence-corrected chi connectivity index (χ3v) is 3.79. The summed E-state index contributed by atoms with van der Waals surface area (Å²) in [6.07, 6.45) is -0.589. The van der Waals surface area contributed by atoms with E-state index in [0.29, 0.717) is 6.54 Å². The fourth-order valence-corrected chi connectivity index (χ4v) is 2.39. The lowest BCUT2D eigenvalue weighted by atomic mass is 9.96. The van der Waals surface area contributed by atoms with Crippen LogP contribution in [0.1, 0.15) is 24.1 Å². The molecular weight excluding hydrogens is 276 g/mol. The molecule has 4 N–H and O–H groups in total. The first-order valence-corrected chi connectivity index (χ1v) is 7.46. The molecule has 0 aliphatic heterocycles. The van der Waals surface area contributed by atoms with Gasteiger partial charge in [-0.2, -0.15) is 0 Å². The summed E-state index contributed by atoms with van der Waals surface area (Å²) >= 11 is 0. The maximum Gasteiger partial charge on any atom is 0.118 e. The minimum atomic E-state index is -0.589. The Kier molecular flexibility index (Phi) is 5.95. The number of hydrogen-bond acceptors (Lipinski definition) is 4. The van der Waals surface area contributed by atoms with Gasteiger partial charge < -0.3 is 20.9 Å². The Morgan fingerprint density at radius 2 is 1.73 bits per heavy atom. The van der Waals surface area contributed by atoms with E-state index in [1.54, 1.807) is 14.0 Å². The number of nitrogens with two attached hydrogens (primary N) is 1. The molecule has 118 valence electrons. The van der Waals surface area contributed by atoms with Crippen molar-refractivity contribution in [3.05, 3.63) is 65.7 Å². The smallest absolute Gasteiger partial charge is 0.118 e. The van der Waals surface area contributed by atoms with Gasteiger partial charge in [-0.3, -0.25) is 0 Å². The highest BCUT2D eigenvalue weighted by molar-refractivity contribution is 5.27. The maximum atomic E-state index is 9.84. The molecule has 4 nitrogen and oxygen atoms in total. The van der Waals surface area contributed by atoms with E-state index in [1.165, 1.54) is 0 Å². The molecule has 2 aromatic carbocycles.